The lowest BCUT2D eigenvalue weighted by atomic mass is 10.4. The average molecular weight is 200 g/mol. The van der Waals surface area contributed by atoms with Gasteiger partial charge in [0.25, 0.3) is 11.0 Å². The summed E-state index contributed by atoms with van der Waals surface area (Å²) in [5, 5.41) is 11.2. The monoisotopic (exact) mass is 200 g/mol. The molecule has 1 rings (SSSR count). The second-order valence-electron chi connectivity index (χ2n) is 2.29. The molecule has 1 amide bonds. The van der Waals surface area contributed by atoms with Gasteiger partial charge in [0.2, 0.25) is 0 Å². The van der Waals surface area contributed by atoms with E-state index in [9.17, 15) is 14.9 Å². The van der Waals surface area contributed by atoms with Gasteiger partial charge in [-0.25, -0.2) is 0 Å². The Balaban J connectivity index is 2.19. The largest absolute Gasteiger partial charge is 0.459 e. The highest BCUT2D eigenvalue weighted by atomic mass is 16.9. The second kappa shape index (κ2) is 4.85. The minimum Gasteiger partial charge on any atom is -0.459 e. The van der Waals surface area contributed by atoms with Crippen molar-refractivity contribution in [2.45, 2.75) is 0 Å². The van der Waals surface area contributed by atoms with Crippen molar-refractivity contribution in [3.8, 4) is 0 Å². The van der Waals surface area contributed by atoms with Crippen LogP contribution in [0.15, 0.2) is 22.8 Å². The summed E-state index contributed by atoms with van der Waals surface area (Å²) in [6.45, 7) is -0.125. The first-order valence-corrected chi connectivity index (χ1v) is 3.79. The average Bonchev–Trinajstić information content (AvgIpc) is 2.64. The van der Waals surface area contributed by atoms with Crippen LogP contribution in [-0.2, 0) is 4.84 Å². The van der Waals surface area contributed by atoms with Crippen LogP contribution in [0.3, 0.4) is 0 Å². The summed E-state index contributed by atoms with van der Waals surface area (Å²) >= 11 is 0. The fraction of sp³-hybridized carbons (Fsp3) is 0.286. The third-order valence-corrected chi connectivity index (χ3v) is 1.33. The third kappa shape index (κ3) is 3.13. The fourth-order valence-electron chi connectivity index (χ4n) is 0.780. The van der Waals surface area contributed by atoms with E-state index in [1.807, 2.05) is 0 Å². The Kier molecular flexibility index (Phi) is 3.48. The van der Waals surface area contributed by atoms with Crippen molar-refractivity contribution in [1.82, 2.24) is 5.32 Å². The van der Waals surface area contributed by atoms with Crippen molar-refractivity contribution in [3.63, 3.8) is 0 Å². The van der Waals surface area contributed by atoms with Crippen molar-refractivity contribution >= 4 is 5.91 Å². The number of hydrogen-bond donors (Lipinski definition) is 1. The van der Waals surface area contributed by atoms with Gasteiger partial charge in [0.05, 0.1) is 6.26 Å². The number of carbonyl (C=O) groups excluding carboxylic acids is 1. The molecule has 14 heavy (non-hydrogen) atoms. The zero-order chi connectivity index (χ0) is 10.4. The highest BCUT2D eigenvalue weighted by Crippen LogP contribution is 1.98. The Morgan fingerprint density at radius 1 is 1.71 bits per heavy atom. The predicted molar refractivity (Wildman–Crippen MR) is 44.0 cm³/mol. The quantitative estimate of drug-likeness (QED) is 0.416. The van der Waals surface area contributed by atoms with Crippen LogP contribution in [0.4, 0.5) is 0 Å². The summed E-state index contributed by atoms with van der Waals surface area (Å²) in [6, 6.07) is 3.06. The molecule has 1 aromatic rings. The number of nitrogens with zero attached hydrogens (tertiary/aromatic N) is 1. The highest BCUT2D eigenvalue weighted by molar-refractivity contribution is 5.91. The van der Waals surface area contributed by atoms with Gasteiger partial charge < -0.3 is 14.6 Å². The van der Waals surface area contributed by atoms with Crippen LogP contribution in [0.25, 0.3) is 0 Å². The normalized spacial score (nSPS) is 9.43. The molecule has 0 atom stereocenters. The van der Waals surface area contributed by atoms with Crippen LogP contribution in [0.2, 0.25) is 0 Å². The molecule has 1 heterocycles. The Morgan fingerprint density at radius 2 is 2.50 bits per heavy atom. The molecule has 1 N–H and O–H groups in total. The van der Waals surface area contributed by atoms with Gasteiger partial charge >= 0.3 is 0 Å². The molecule has 0 saturated heterocycles. The standard InChI is InChI=1S/C7H8N2O5/c10-7(6-2-1-4-13-6)8-3-5-14-9(11)12/h1-2,4H,3,5H2,(H,8,10). The Bertz CT molecular complexity index is 308. The lowest BCUT2D eigenvalue weighted by Gasteiger charge is -2.00. The van der Waals surface area contributed by atoms with Crippen LogP contribution < -0.4 is 5.32 Å². The SMILES string of the molecule is O=C(NCCO[N+](=O)[O-])c1ccco1. The van der Waals surface area contributed by atoms with E-state index in [4.69, 9.17) is 4.42 Å². The molecule has 0 aliphatic heterocycles. The van der Waals surface area contributed by atoms with Gasteiger partial charge in [-0.1, -0.05) is 0 Å². The van der Waals surface area contributed by atoms with Crippen LogP contribution in [0, 0.1) is 10.1 Å². The molecule has 0 aliphatic rings. The zero-order valence-electron chi connectivity index (χ0n) is 7.13. The van der Waals surface area contributed by atoms with E-state index < -0.39 is 11.0 Å². The van der Waals surface area contributed by atoms with Crippen molar-refractivity contribution in [1.29, 1.82) is 0 Å². The lowest BCUT2D eigenvalue weighted by Crippen LogP contribution is -2.27. The van der Waals surface area contributed by atoms with Crippen molar-refractivity contribution in [3.05, 3.63) is 34.3 Å². The maximum atomic E-state index is 11.1. The van der Waals surface area contributed by atoms with Crippen molar-refractivity contribution < 1.29 is 19.1 Å². The van der Waals surface area contributed by atoms with Gasteiger partial charge in [-0.2, -0.15) is 0 Å². The molecule has 0 spiro atoms. The molecule has 0 aliphatic carbocycles. The number of carbonyl (C=O) groups is 1. The maximum absolute atomic E-state index is 11.1. The molecule has 0 radical (unpaired) electrons. The van der Waals surface area contributed by atoms with Crippen molar-refractivity contribution in [2.24, 2.45) is 0 Å². The minimum atomic E-state index is -0.918. The van der Waals surface area contributed by atoms with Crippen LogP contribution in [-0.4, -0.2) is 24.1 Å². The van der Waals surface area contributed by atoms with E-state index in [0.29, 0.717) is 0 Å². The van der Waals surface area contributed by atoms with Gasteiger partial charge in [-0.15, -0.1) is 10.1 Å². The lowest BCUT2D eigenvalue weighted by molar-refractivity contribution is -0.757. The molecule has 1 aromatic heterocycles. The Hall–Kier alpha value is -2.05. The Labute approximate surface area is 78.8 Å². The molecule has 76 valence electrons. The third-order valence-electron chi connectivity index (χ3n) is 1.33. The molecule has 7 heteroatoms. The number of hydrogen-bond acceptors (Lipinski definition) is 5. The topological polar surface area (TPSA) is 94.6 Å². The van der Waals surface area contributed by atoms with Gasteiger partial charge in [0.1, 0.15) is 6.61 Å². The van der Waals surface area contributed by atoms with Gasteiger partial charge in [-0.3, -0.25) is 4.79 Å². The zero-order valence-corrected chi connectivity index (χ0v) is 7.13. The second-order valence-corrected chi connectivity index (χ2v) is 2.29. The summed E-state index contributed by atoms with van der Waals surface area (Å²) in [4.78, 5) is 24.8. The first-order chi connectivity index (χ1) is 6.70. The Morgan fingerprint density at radius 3 is 3.07 bits per heavy atom. The van der Waals surface area contributed by atoms with Crippen LogP contribution in [0.1, 0.15) is 10.6 Å². The van der Waals surface area contributed by atoms with Crippen LogP contribution in [0.5, 0.6) is 0 Å². The fourth-order valence-corrected chi connectivity index (χ4v) is 0.780. The maximum Gasteiger partial charge on any atom is 0.294 e. The number of rotatable bonds is 5. The number of furan rings is 1. The first-order valence-electron chi connectivity index (χ1n) is 3.79. The van der Waals surface area contributed by atoms with Gasteiger partial charge in [-0.05, 0) is 12.1 Å². The first kappa shape index (κ1) is 10.0. The van der Waals surface area contributed by atoms with Crippen molar-refractivity contribution in [2.75, 3.05) is 13.2 Å². The van der Waals surface area contributed by atoms with E-state index in [-0.39, 0.29) is 18.9 Å². The summed E-state index contributed by atoms with van der Waals surface area (Å²) in [5.41, 5.74) is 0. The predicted octanol–water partition coefficient (Wildman–Crippen LogP) is 0.218. The summed E-state index contributed by atoms with van der Waals surface area (Å²) < 4.78 is 4.79. The molecular formula is C7H8N2O5. The van der Waals surface area contributed by atoms with Crippen LogP contribution >= 0.6 is 0 Å². The number of amides is 1. The smallest absolute Gasteiger partial charge is 0.294 e. The minimum absolute atomic E-state index is 0.0561. The van der Waals surface area contributed by atoms with E-state index in [0.717, 1.165) is 0 Å². The molecule has 0 unspecified atom stereocenters. The van der Waals surface area contributed by atoms with E-state index in [1.54, 1.807) is 6.07 Å². The van der Waals surface area contributed by atoms with E-state index >= 15 is 0 Å². The van der Waals surface area contributed by atoms with E-state index in [1.165, 1.54) is 12.3 Å². The van der Waals surface area contributed by atoms with Gasteiger partial charge in [0, 0.05) is 6.54 Å². The molecule has 0 bridgehead atoms. The summed E-state index contributed by atoms with van der Waals surface area (Å²) in [5.74, 6) is -0.270. The molecule has 0 fully saturated rings. The molecule has 0 saturated carbocycles. The highest BCUT2D eigenvalue weighted by Gasteiger charge is 2.06. The molecule has 0 aromatic carbocycles. The summed E-state index contributed by atoms with van der Waals surface area (Å²) in [7, 11) is 0. The number of nitrogens with one attached hydrogen (secondary N) is 1. The van der Waals surface area contributed by atoms with Gasteiger partial charge in [0.15, 0.2) is 5.76 Å². The molecule has 7 nitrogen and oxygen atoms in total. The van der Waals surface area contributed by atoms with E-state index in [2.05, 4.69) is 10.2 Å². The molecular weight excluding hydrogens is 192 g/mol. The summed E-state index contributed by atoms with van der Waals surface area (Å²) in [6.07, 6.45) is 1.36.